The number of β-amino-alcohol motifs (C(OH)–C–C–N with tert-alkyl or cyclic N) is 1. The maximum atomic E-state index is 10.7. The van der Waals surface area contributed by atoms with Gasteiger partial charge in [-0.05, 0) is 39.2 Å². The van der Waals surface area contributed by atoms with Gasteiger partial charge in [0.05, 0.1) is 5.60 Å². The second-order valence-electron chi connectivity index (χ2n) is 5.76. The van der Waals surface area contributed by atoms with E-state index in [1.807, 2.05) is 0 Å². The van der Waals surface area contributed by atoms with Crippen molar-refractivity contribution in [2.45, 2.75) is 63.5 Å². The van der Waals surface area contributed by atoms with E-state index in [1.54, 1.807) is 0 Å². The lowest BCUT2D eigenvalue weighted by Gasteiger charge is -2.32. The molecule has 1 aliphatic carbocycles. The van der Waals surface area contributed by atoms with E-state index < -0.39 is 0 Å². The number of aliphatic hydroxyl groups is 1. The fraction of sp³-hybridized carbons (Fsp3) is 1.00. The second kappa shape index (κ2) is 4.42. The molecular formula is C13H25NO. The topological polar surface area (TPSA) is 23.5 Å². The Balaban J connectivity index is 2.01. The van der Waals surface area contributed by atoms with E-state index in [1.165, 1.54) is 38.5 Å². The van der Waals surface area contributed by atoms with E-state index in [4.69, 9.17) is 0 Å². The molecular weight excluding hydrogens is 186 g/mol. The van der Waals surface area contributed by atoms with Crippen LogP contribution in [0.1, 0.15) is 51.9 Å². The molecule has 0 aromatic rings. The van der Waals surface area contributed by atoms with Crippen LogP contribution in [-0.2, 0) is 0 Å². The van der Waals surface area contributed by atoms with Gasteiger partial charge in [0.1, 0.15) is 0 Å². The molecule has 1 aliphatic heterocycles. The SMILES string of the molecule is CC1CC(O)(C2CCCCCC2)CN1C. The number of likely N-dealkylation sites (N-methyl/N-ethyl adjacent to an activating group) is 1. The summed E-state index contributed by atoms with van der Waals surface area (Å²) in [4.78, 5) is 2.31. The Hall–Kier alpha value is -0.0800. The molecule has 2 rings (SSSR count). The quantitative estimate of drug-likeness (QED) is 0.673. The third-order valence-electron chi connectivity index (χ3n) is 4.54. The molecule has 1 saturated carbocycles. The first-order chi connectivity index (χ1) is 7.12. The summed E-state index contributed by atoms with van der Waals surface area (Å²) in [6, 6.07) is 0.554. The van der Waals surface area contributed by atoms with Crippen molar-refractivity contribution in [3.63, 3.8) is 0 Å². The highest BCUT2D eigenvalue weighted by Gasteiger charge is 2.44. The minimum atomic E-state index is -0.376. The van der Waals surface area contributed by atoms with Crippen LogP contribution in [0.4, 0.5) is 0 Å². The zero-order chi connectivity index (χ0) is 10.9. The first-order valence-corrected chi connectivity index (χ1v) is 6.54. The summed E-state index contributed by atoms with van der Waals surface area (Å²) in [5.74, 6) is 0.562. The van der Waals surface area contributed by atoms with Crippen LogP contribution in [0.15, 0.2) is 0 Å². The molecule has 0 bridgehead atoms. The fourth-order valence-corrected chi connectivity index (χ4v) is 3.43. The van der Waals surface area contributed by atoms with Crippen molar-refractivity contribution in [1.82, 2.24) is 4.90 Å². The van der Waals surface area contributed by atoms with Gasteiger partial charge >= 0.3 is 0 Å². The largest absolute Gasteiger partial charge is 0.388 e. The Morgan fingerprint density at radius 1 is 1.13 bits per heavy atom. The van der Waals surface area contributed by atoms with Gasteiger partial charge in [0.2, 0.25) is 0 Å². The smallest absolute Gasteiger partial charge is 0.0816 e. The van der Waals surface area contributed by atoms with Crippen molar-refractivity contribution in [3.05, 3.63) is 0 Å². The zero-order valence-corrected chi connectivity index (χ0v) is 10.2. The molecule has 2 unspecified atom stereocenters. The molecule has 2 heteroatoms. The maximum Gasteiger partial charge on any atom is 0.0816 e. The molecule has 88 valence electrons. The molecule has 2 fully saturated rings. The van der Waals surface area contributed by atoms with Crippen molar-refractivity contribution >= 4 is 0 Å². The first kappa shape index (κ1) is 11.4. The highest BCUT2D eigenvalue weighted by molar-refractivity contribution is 4.98. The van der Waals surface area contributed by atoms with Gasteiger partial charge < -0.3 is 10.0 Å². The molecule has 0 spiro atoms. The second-order valence-corrected chi connectivity index (χ2v) is 5.76. The fourth-order valence-electron chi connectivity index (χ4n) is 3.43. The molecule has 0 amide bonds. The van der Waals surface area contributed by atoms with Crippen molar-refractivity contribution in [2.75, 3.05) is 13.6 Å². The van der Waals surface area contributed by atoms with E-state index in [0.29, 0.717) is 12.0 Å². The van der Waals surface area contributed by atoms with Gasteiger partial charge in [-0.1, -0.05) is 25.7 Å². The normalized spacial score (nSPS) is 40.6. The number of nitrogens with zero attached hydrogens (tertiary/aromatic N) is 1. The predicted molar refractivity (Wildman–Crippen MR) is 62.9 cm³/mol. The third-order valence-corrected chi connectivity index (χ3v) is 4.54. The Kier molecular flexibility index (Phi) is 3.36. The summed E-state index contributed by atoms with van der Waals surface area (Å²) < 4.78 is 0. The lowest BCUT2D eigenvalue weighted by atomic mass is 9.80. The van der Waals surface area contributed by atoms with E-state index in [0.717, 1.165) is 13.0 Å². The average molecular weight is 211 g/mol. The molecule has 1 N–H and O–H groups in total. The summed E-state index contributed by atoms with van der Waals surface area (Å²) in [6.45, 7) is 3.12. The monoisotopic (exact) mass is 211 g/mol. The number of hydrogen-bond donors (Lipinski definition) is 1. The average Bonchev–Trinajstić information content (AvgIpc) is 2.45. The van der Waals surface area contributed by atoms with Crippen LogP contribution in [0, 0.1) is 5.92 Å². The van der Waals surface area contributed by atoms with E-state index in [2.05, 4.69) is 18.9 Å². The van der Waals surface area contributed by atoms with Crippen molar-refractivity contribution in [1.29, 1.82) is 0 Å². The summed E-state index contributed by atoms with van der Waals surface area (Å²) in [7, 11) is 2.14. The van der Waals surface area contributed by atoms with E-state index in [-0.39, 0.29) is 5.60 Å². The van der Waals surface area contributed by atoms with Crippen LogP contribution in [0.3, 0.4) is 0 Å². The standard InChI is InChI=1S/C13H25NO/c1-11-9-13(15,10-14(11)2)12-7-5-3-4-6-8-12/h11-12,15H,3-10H2,1-2H3. The van der Waals surface area contributed by atoms with Gasteiger partial charge in [-0.15, -0.1) is 0 Å². The Morgan fingerprint density at radius 2 is 1.73 bits per heavy atom. The van der Waals surface area contributed by atoms with Crippen LogP contribution in [0.5, 0.6) is 0 Å². The minimum absolute atomic E-state index is 0.376. The van der Waals surface area contributed by atoms with Gasteiger partial charge in [0.15, 0.2) is 0 Å². The summed E-state index contributed by atoms with van der Waals surface area (Å²) in [5.41, 5.74) is -0.376. The number of hydrogen-bond acceptors (Lipinski definition) is 2. The summed E-state index contributed by atoms with van der Waals surface area (Å²) in [5, 5.41) is 10.7. The molecule has 15 heavy (non-hydrogen) atoms. The Bertz CT molecular complexity index is 199. The van der Waals surface area contributed by atoms with E-state index in [9.17, 15) is 5.11 Å². The maximum absolute atomic E-state index is 10.7. The minimum Gasteiger partial charge on any atom is -0.388 e. The third kappa shape index (κ3) is 2.36. The highest BCUT2D eigenvalue weighted by atomic mass is 16.3. The van der Waals surface area contributed by atoms with Crippen molar-refractivity contribution in [3.8, 4) is 0 Å². The molecule has 0 aromatic heterocycles. The molecule has 2 aliphatic rings. The van der Waals surface area contributed by atoms with E-state index >= 15 is 0 Å². The molecule has 0 aromatic carbocycles. The van der Waals surface area contributed by atoms with Gasteiger partial charge in [-0.2, -0.15) is 0 Å². The van der Waals surface area contributed by atoms with Crippen LogP contribution < -0.4 is 0 Å². The van der Waals surface area contributed by atoms with Gasteiger partial charge in [-0.3, -0.25) is 0 Å². The zero-order valence-electron chi connectivity index (χ0n) is 10.2. The van der Waals surface area contributed by atoms with Crippen LogP contribution >= 0.6 is 0 Å². The predicted octanol–water partition coefficient (Wildman–Crippen LogP) is 2.41. The highest BCUT2D eigenvalue weighted by Crippen LogP contribution is 2.39. The van der Waals surface area contributed by atoms with Crippen molar-refractivity contribution in [2.24, 2.45) is 5.92 Å². The lowest BCUT2D eigenvalue weighted by Crippen LogP contribution is -2.40. The molecule has 0 radical (unpaired) electrons. The summed E-state index contributed by atoms with van der Waals surface area (Å²) in [6.07, 6.45) is 8.87. The molecule has 2 atom stereocenters. The molecule has 2 nitrogen and oxygen atoms in total. The van der Waals surface area contributed by atoms with Gasteiger partial charge in [0, 0.05) is 12.6 Å². The first-order valence-electron chi connectivity index (χ1n) is 6.54. The van der Waals surface area contributed by atoms with Crippen molar-refractivity contribution < 1.29 is 5.11 Å². The van der Waals surface area contributed by atoms with Crippen LogP contribution in [-0.4, -0.2) is 35.2 Å². The lowest BCUT2D eigenvalue weighted by molar-refractivity contribution is -0.0139. The number of likely N-dealkylation sites (tertiary alicyclic amines) is 1. The van der Waals surface area contributed by atoms with Gasteiger partial charge in [0.25, 0.3) is 0 Å². The Morgan fingerprint density at radius 3 is 2.20 bits per heavy atom. The Labute approximate surface area is 93.7 Å². The molecule has 1 saturated heterocycles. The summed E-state index contributed by atoms with van der Waals surface area (Å²) >= 11 is 0. The van der Waals surface area contributed by atoms with Crippen LogP contribution in [0.2, 0.25) is 0 Å². The number of rotatable bonds is 1. The molecule has 1 heterocycles. The van der Waals surface area contributed by atoms with Crippen LogP contribution in [0.25, 0.3) is 0 Å². The van der Waals surface area contributed by atoms with Gasteiger partial charge in [-0.25, -0.2) is 0 Å².